The zero-order valence-corrected chi connectivity index (χ0v) is 8.88. The summed E-state index contributed by atoms with van der Waals surface area (Å²) in [5.74, 6) is -1.30. The first-order valence-electron chi connectivity index (χ1n) is 4.83. The van der Waals surface area contributed by atoms with E-state index in [1.54, 1.807) is 6.92 Å². The lowest BCUT2D eigenvalue weighted by molar-refractivity contribution is -0.137. The van der Waals surface area contributed by atoms with Gasteiger partial charge in [0.25, 0.3) is 0 Å². The Labute approximate surface area is 92.2 Å². The Kier molecular flexibility index (Phi) is 4.01. The molecule has 1 unspecified atom stereocenters. The molecule has 0 saturated heterocycles. The molecule has 16 heavy (non-hydrogen) atoms. The van der Waals surface area contributed by atoms with E-state index in [-0.39, 0.29) is 12.5 Å². The third kappa shape index (κ3) is 3.35. The van der Waals surface area contributed by atoms with Crippen molar-refractivity contribution in [3.05, 3.63) is 12.4 Å². The number of carbonyl (C=O) groups is 2. The van der Waals surface area contributed by atoms with Crippen LogP contribution < -0.4 is 11.1 Å². The van der Waals surface area contributed by atoms with Crippen LogP contribution in [-0.2, 0) is 16.1 Å². The summed E-state index contributed by atoms with van der Waals surface area (Å²) in [6.07, 6.45) is 3.35. The van der Waals surface area contributed by atoms with Crippen molar-refractivity contribution in [2.24, 2.45) is 5.73 Å². The van der Waals surface area contributed by atoms with Crippen LogP contribution in [0.5, 0.6) is 0 Å². The highest BCUT2D eigenvalue weighted by Gasteiger charge is 2.12. The number of amides is 1. The van der Waals surface area contributed by atoms with E-state index in [9.17, 15) is 9.59 Å². The van der Waals surface area contributed by atoms with Crippen molar-refractivity contribution in [3.63, 3.8) is 0 Å². The molecule has 0 saturated carbocycles. The third-order valence-electron chi connectivity index (χ3n) is 1.97. The molecule has 0 aromatic carbocycles. The minimum absolute atomic E-state index is 0.240. The molecule has 0 fully saturated rings. The van der Waals surface area contributed by atoms with Gasteiger partial charge in [-0.3, -0.25) is 14.3 Å². The normalized spacial score (nSPS) is 12.1. The van der Waals surface area contributed by atoms with Gasteiger partial charge in [-0.05, 0) is 6.42 Å². The number of nitrogens with two attached hydrogens (primary N) is 1. The highest BCUT2D eigenvalue weighted by molar-refractivity contribution is 5.94. The zero-order chi connectivity index (χ0) is 12.1. The monoisotopic (exact) mass is 226 g/mol. The lowest BCUT2D eigenvalue weighted by atomic mass is 10.2. The molecule has 1 aromatic rings. The maximum absolute atomic E-state index is 11.4. The van der Waals surface area contributed by atoms with Crippen molar-refractivity contribution in [1.82, 2.24) is 9.78 Å². The summed E-state index contributed by atoms with van der Waals surface area (Å²) in [7, 11) is 0. The van der Waals surface area contributed by atoms with Gasteiger partial charge in [0.15, 0.2) is 0 Å². The van der Waals surface area contributed by atoms with Gasteiger partial charge in [0.1, 0.15) is 6.54 Å². The molecule has 0 bridgehead atoms. The van der Waals surface area contributed by atoms with Gasteiger partial charge in [-0.2, -0.15) is 5.10 Å². The molecule has 0 spiro atoms. The Morgan fingerprint density at radius 1 is 1.69 bits per heavy atom. The van der Waals surface area contributed by atoms with Gasteiger partial charge < -0.3 is 16.2 Å². The highest BCUT2D eigenvalue weighted by atomic mass is 16.4. The predicted octanol–water partition coefficient (Wildman–Crippen LogP) is -0.357. The van der Waals surface area contributed by atoms with E-state index < -0.39 is 12.0 Å². The van der Waals surface area contributed by atoms with Crippen LogP contribution in [-0.4, -0.2) is 32.8 Å². The number of carboxylic acid groups (broad SMARTS) is 1. The van der Waals surface area contributed by atoms with Crippen molar-refractivity contribution in [3.8, 4) is 0 Å². The number of aromatic nitrogens is 2. The fraction of sp³-hybridized carbons (Fsp3) is 0.444. The molecule has 7 nitrogen and oxygen atoms in total. The van der Waals surface area contributed by atoms with Crippen LogP contribution in [0.3, 0.4) is 0 Å². The van der Waals surface area contributed by atoms with Crippen LogP contribution in [0.15, 0.2) is 12.4 Å². The smallest absolute Gasteiger partial charge is 0.325 e. The molecule has 88 valence electrons. The third-order valence-corrected chi connectivity index (χ3v) is 1.97. The number of hydrogen-bond acceptors (Lipinski definition) is 4. The Morgan fingerprint density at radius 2 is 2.38 bits per heavy atom. The SMILES string of the molecule is CCC(N)C(=O)Nc1cnn(CC(=O)O)c1. The number of carboxylic acids is 1. The molecule has 4 N–H and O–H groups in total. The fourth-order valence-electron chi connectivity index (χ4n) is 1.07. The van der Waals surface area contributed by atoms with Crippen molar-refractivity contribution >= 4 is 17.6 Å². The lowest BCUT2D eigenvalue weighted by Crippen LogP contribution is -2.34. The lowest BCUT2D eigenvalue weighted by Gasteiger charge is -2.07. The maximum atomic E-state index is 11.4. The topological polar surface area (TPSA) is 110 Å². The number of aliphatic carboxylic acids is 1. The van der Waals surface area contributed by atoms with Gasteiger partial charge >= 0.3 is 5.97 Å². The van der Waals surface area contributed by atoms with Gasteiger partial charge in [-0.1, -0.05) is 6.92 Å². The van der Waals surface area contributed by atoms with Crippen molar-refractivity contribution in [2.45, 2.75) is 25.9 Å². The number of anilines is 1. The Bertz CT molecular complexity index is 388. The van der Waals surface area contributed by atoms with Crippen LogP contribution in [0, 0.1) is 0 Å². The van der Waals surface area contributed by atoms with Gasteiger partial charge in [0, 0.05) is 6.20 Å². The minimum Gasteiger partial charge on any atom is -0.480 e. The largest absolute Gasteiger partial charge is 0.480 e. The average Bonchev–Trinajstić information content (AvgIpc) is 2.63. The minimum atomic E-state index is -0.994. The Morgan fingerprint density at radius 3 is 2.94 bits per heavy atom. The summed E-state index contributed by atoms with van der Waals surface area (Å²) >= 11 is 0. The molecule has 0 aliphatic carbocycles. The van der Waals surface area contributed by atoms with Crippen LogP contribution in [0.25, 0.3) is 0 Å². The number of nitrogens with zero attached hydrogens (tertiary/aromatic N) is 2. The van der Waals surface area contributed by atoms with E-state index >= 15 is 0 Å². The molecule has 7 heteroatoms. The van der Waals surface area contributed by atoms with E-state index in [1.165, 1.54) is 17.1 Å². The summed E-state index contributed by atoms with van der Waals surface area (Å²) in [4.78, 5) is 21.8. The van der Waals surface area contributed by atoms with Crippen molar-refractivity contribution in [2.75, 3.05) is 5.32 Å². The number of nitrogens with one attached hydrogen (secondary N) is 1. The molecule has 0 radical (unpaired) electrons. The van der Waals surface area contributed by atoms with Gasteiger partial charge in [0.2, 0.25) is 5.91 Å². The summed E-state index contributed by atoms with van der Waals surface area (Å²) in [5.41, 5.74) is 5.96. The summed E-state index contributed by atoms with van der Waals surface area (Å²) in [5, 5.41) is 14.8. The van der Waals surface area contributed by atoms with E-state index in [0.717, 1.165) is 0 Å². The van der Waals surface area contributed by atoms with Crippen LogP contribution in [0.1, 0.15) is 13.3 Å². The molecular weight excluding hydrogens is 212 g/mol. The van der Waals surface area contributed by atoms with E-state index in [2.05, 4.69) is 10.4 Å². The van der Waals surface area contributed by atoms with Crippen molar-refractivity contribution < 1.29 is 14.7 Å². The first kappa shape index (κ1) is 12.2. The van der Waals surface area contributed by atoms with Crippen LogP contribution >= 0.6 is 0 Å². The van der Waals surface area contributed by atoms with Crippen LogP contribution in [0.4, 0.5) is 5.69 Å². The first-order chi connectivity index (χ1) is 7.52. The molecule has 0 aliphatic rings. The standard InChI is InChI=1S/C9H14N4O3/c1-2-7(10)9(16)12-6-3-11-13(4-6)5-8(14)15/h3-4,7H,2,5,10H2,1H3,(H,12,16)(H,14,15). The predicted molar refractivity (Wildman–Crippen MR) is 56.8 cm³/mol. The Balaban J connectivity index is 2.58. The fourth-order valence-corrected chi connectivity index (χ4v) is 1.07. The molecule has 0 aliphatic heterocycles. The summed E-state index contributed by atoms with van der Waals surface area (Å²) < 4.78 is 1.22. The number of hydrogen-bond donors (Lipinski definition) is 3. The summed E-state index contributed by atoms with van der Waals surface area (Å²) in [6.45, 7) is 1.56. The second-order valence-electron chi connectivity index (χ2n) is 3.32. The van der Waals surface area contributed by atoms with Crippen LogP contribution in [0.2, 0.25) is 0 Å². The quantitative estimate of drug-likeness (QED) is 0.635. The molecule has 1 aromatic heterocycles. The van der Waals surface area contributed by atoms with E-state index in [1.807, 2.05) is 0 Å². The Hall–Kier alpha value is -1.89. The van der Waals surface area contributed by atoms with E-state index in [0.29, 0.717) is 12.1 Å². The average molecular weight is 226 g/mol. The van der Waals surface area contributed by atoms with Crippen molar-refractivity contribution in [1.29, 1.82) is 0 Å². The number of rotatable bonds is 5. The highest BCUT2D eigenvalue weighted by Crippen LogP contribution is 2.05. The molecule has 1 heterocycles. The first-order valence-corrected chi connectivity index (χ1v) is 4.83. The van der Waals surface area contributed by atoms with Gasteiger partial charge in [-0.15, -0.1) is 0 Å². The second kappa shape index (κ2) is 5.26. The number of carbonyl (C=O) groups excluding carboxylic acids is 1. The maximum Gasteiger partial charge on any atom is 0.325 e. The summed E-state index contributed by atoms with van der Waals surface area (Å²) in [6, 6.07) is -0.567. The molecule has 1 atom stereocenters. The molecular formula is C9H14N4O3. The van der Waals surface area contributed by atoms with Gasteiger partial charge in [-0.25, -0.2) is 0 Å². The second-order valence-corrected chi connectivity index (χ2v) is 3.32. The molecule has 1 amide bonds. The molecule has 1 rings (SSSR count). The van der Waals surface area contributed by atoms with Gasteiger partial charge in [0.05, 0.1) is 17.9 Å². The van der Waals surface area contributed by atoms with E-state index in [4.69, 9.17) is 10.8 Å². The zero-order valence-electron chi connectivity index (χ0n) is 8.88.